The first-order valence-corrected chi connectivity index (χ1v) is 5.61. The third kappa shape index (κ3) is 3.48. The molecule has 0 bridgehead atoms. The number of rotatable bonds is 5. The fourth-order valence-electron chi connectivity index (χ4n) is 1.33. The summed E-state index contributed by atoms with van der Waals surface area (Å²) in [5, 5.41) is 0. The highest BCUT2D eigenvalue weighted by Gasteiger charge is 2.09. The molecule has 0 aliphatic heterocycles. The van der Waals surface area contributed by atoms with E-state index < -0.39 is 0 Å². The van der Waals surface area contributed by atoms with E-state index in [2.05, 4.69) is 15.9 Å². The van der Waals surface area contributed by atoms with E-state index in [1.165, 1.54) is 0 Å². The number of hydrogen-bond donors (Lipinski definition) is 1. The van der Waals surface area contributed by atoms with Crippen LogP contribution in [-0.2, 0) is 11.3 Å². The molecule has 0 aromatic heterocycles. The van der Waals surface area contributed by atoms with Gasteiger partial charge in [0.2, 0.25) is 0 Å². The molecule has 84 valence electrons. The van der Waals surface area contributed by atoms with E-state index in [0.29, 0.717) is 13.2 Å². The molecule has 1 unspecified atom stereocenters. The first-order valence-electron chi connectivity index (χ1n) is 4.82. The molecule has 0 saturated heterocycles. The molecule has 3 nitrogen and oxygen atoms in total. The Morgan fingerprint density at radius 2 is 2.20 bits per heavy atom. The summed E-state index contributed by atoms with van der Waals surface area (Å²) in [6, 6.07) is 5.80. The average Bonchev–Trinajstić information content (AvgIpc) is 2.18. The Labute approximate surface area is 98.7 Å². The lowest BCUT2D eigenvalue weighted by molar-refractivity contribution is 0.0914. The number of benzene rings is 1. The van der Waals surface area contributed by atoms with Gasteiger partial charge >= 0.3 is 0 Å². The summed E-state index contributed by atoms with van der Waals surface area (Å²) in [5.41, 5.74) is 6.65. The van der Waals surface area contributed by atoms with Crippen LogP contribution in [0.3, 0.4) is 0 Å². The summed E-state index contributed by atoms with van der Waals surface area (Å²) in [6.07, 6.45) is 0.0228. The van der Waals surface area contributed by atoms with E-state index in [4.69, 9.17) is 15.2 Å². The largest absolute Gasteiger partial charge is 0.488 e. The Morgan fingerprint density at radius 3 is 2.80 bits per heavy atom. The smallest absolute Gasteiger partial charge is 0.125 e. The zero-order valence-electron chi connectivity index (χ0n) is 9.00. The van der Waals surface area contributed by atoms with Crippen LogP contribution in [0, 0.1) is 0 Å². The second-order valence-corrected chi connectivity index (χ2v) is 4.16. The van der Waals surface area contributed by atoms with Crippen molar-refractivity contribution in [2.24, 2.45) is 5.73 Å². The standard InChI is InChI=1S/C11H16BrNO2/c1-8(7-14-2)15-11-5-3-4-10(12)9(11)6-13/h3-5,8H,6-7,13H2,1-2H3. The monoisotopic (exact) mass is 273 g/mol. The van der Waals surface area contributed by atoms with Crippen LogP contribution in [0.15, 0.2) is 22.7 Å². The molecule has 0 fully saturated rings. The van der Waals surface area contributed by atoms with Gasteiger partial charge in [-0.2, -0.15) is 0 Å². The highest BCUT2D eigenvalue weighted by Crippen LogP contribution is 2.26. The second kappa shape index (κ2) is 6.10. The number of halogens is 1. The average molecular weight is 274 g/mol. The maximum atomic E-state index is 5.72. The molecule has 4 heteroatoms. The van der Waals surface area contributed by atoms with Crippen LogP contribution in [0.4, 0.5) is 0 Å². The Hall–Kier alpha value is -0.580. The molecular weight excluding hydrogens is 258 g/mol. The first kappa shape index (κ1) is 12.5. The second-order valence-electron chi connectivity index (χ2n) is 3.30. The van der Waals surface area contributed by atoms with E-state index >= 15 is 0 Å². The minimum Gasteiger partial charge on any atom is -0.488 e. The number of methoxy groups -OCH3 is 1. The zero-order valence-corrected chi connectivity index (χ0v) is 10.6. The molecular formula is C11H16BrNO2. The van der Waals surface area contributed by atoms with Crippen molar-refractivity contribution in [2.75, 3.05) is 13.7 Å². The van der Waals surface area contributed by atoms with Crippen molar-refractivity contribution in [3.8, 4) is 5.75 Å². The van der Waals surface area contributed by atoms with Gasteiger partial charge in [-0.3, -0.25) is 0 Å². The third-order valence-electron chi connectivity index (χ3n) is 2.01. The summed E-state index contributed by atoms with van der Waals surface area (Å²) < 4.78 is 11.7. The molecule has 0 amide bonds. The summed E-state index contributed by atoms with van der Waals surface area (Å²) in [5.74, 6) is 0.816. The molecule has 1 aromatic rings. The molecule has 1 rings (SSSR count). The number of nitrogens with two attached hydrogens (primary N) is 1. The van der Waals surface area contributed by atoms with Gasteiger partial charge in [-0.15, -0.1) is 0 Å². The van der Waals surface area contributed by atoms with E-state index in [1.807, 2.05) is 25.1 Å². The number of ether oxygens (including phenoxy) is 2. The summed E-state index contributed by atoms with van der Waals surface area (Å²) in [6.45, 7) is 2.98. The Balaban J connectivity index is 2.80. The Bertz CT molecular complexity index is 317. The van der Waals surface area contributed by atoms with Crippen molar-refractivity contribution in [1.29, 1.82) is 0 Å². The molecule has 0 aliphatic carbocycles. The summed E-state index contributed by atoms with van der Waals surface area (Å²) in [7, 11) is 1.66. The van der Waals surface area contributed by atoms with Gasteiger partial charge in [0.25, 0.3) is 0 Å². The number of hydrogen-bond acceptors (Lipinski definition) is 3. The topological polar surface area (TPSA) is 44.5 Å². The van der Waals surface area contributed by atoms with Gasteiger partial charge < -0.3 is 15.2 Å². The molecule has 0 aliphatic rings. The highest BCUT2D eigenvalue weighted by atomic mass is 79.9. The predicted molar refractivity (Wildman–Crippen MR) is 64.0 cm³/mol. The van der Waals surface area contributed by atoms with E-state index in [-0.39, 0.29) is 6.10 Å². The molecule has 0 radical (unpaired) electrons. The Morgan fingerprint density at radius 1 is 1.47 bits per heavy atom. The fraction of sp³-hybridized carbons (Fsp3) is 0.455. The molecule has 0 saturated carbocycles. The maximum absolute atomic E-state index is 5.72. The van der Waals surface area contributed by atoms with E-state index in [9.17, 15) is 0 Å². The van der Waals surface area contributed by atoms with Gasteiger partial charge in [-0.1, -0.05) is 22.0 Å². The van der Waals surface area contributed by atoms with Crippen molar-refractivity contribution in [3.05, 3.63) is 28.2 Å². The van der Waals surface area contributed by atoms with Crippen molar-refractivity contribution in [1.82, 2.24) is 0 Å². The van der Waals surface area contributed by atoms with Gasteiger partial charge in [0.05, 0.1) is 6.61 Å². The van der Waals surface area contributed by atoms with Crippen LogP contribution in [0.1, 0.15) is 12.5 Å². The van der Waals surface area contributed by atoms with Crippen LogP contribution in [0.5, 0.6) is 5.75 Å². The predicted octanol–water partition coefficient (Wildman–Crippen LogP) is 2.32. The molecule has 2 N–H and O–H groups in total. The van der Waals surface area contributed by atoms with Crippen LogP contribution in [0.2, 0.25) is 0 Å². The van der Waals surface area contributed by atoms with Crippen LogP contribution in [0.25, 0.3) is 0 Å². The summed E-state index contributed by atoms with van der Waals surface area (Å²) >= 11 is 3.44. The van der Waals surface area contributed by atoms with Crippen molar-refractivity contribution >= 4 is 15.9 Å². The first-order chi connectivity index (χ1) is 7.19. The van der Waals surface area contributed by atoms with Gasteiger partial charge in [0.1, 0.15) is 11.9 Å². The van der Waals surface area contributed by atoms with E-state index in [0.717, 1.165) is 15.8 Å². The third-order valence-corrected chi connectivity index (χ3v) is 2.75. The normalized spacial score (nSPS) is 12.5. The molecule has 0 heterocycles. The van der Waals surface area contributed by atoms with Crippen molar-refractivity contribution in [3.63, 3.8) is 0 Å². The van der Waals surface area contributed by atoms with Crippen LogP contribution in [-0.4, -0.2) is 19.8 Å². The lowest BCUT2D eigenvalue weighted by Crippen LogP contribution is -2.19. The van der Waals surface area contributed by atoms with Crippen molar-refractivity contribution < 1.29 is 9.47 Å². The lowest BCUT2D eigenvalue weighted by atomic mass is 10.2. The fourth-order valence-corrected chi connectivity index (χ4v) is 1.84. The lowest BCUT2D eigenvalue weighted by Gasteiger charge is -2.17. The van der Waals surface area contributed by atoms with Crippen molar-refractivity contribution in [2.45, 2.75) is 19.6 Å². The molecule has 15 heavy (non-hydrogen) atoms. The quantitative estimate of drug-likeness (QED) is 0.896. The van der Waals surface area contributed by atoms with Gasteiger partial charge in [0, 0.05) is 23.7 Å². The SMILES string of the molecule is COCC(C)Oc1cccc(Br)c1CN. The minimum atomic E-state index is 0.0228. The van der Waals surface area contributed by atoms with Gasteiger partial charge in [-0.25, -0.2) is 0 Å². The van der Waals surface area contributed by atoms with E-state index in [1.54, 1.807) is 7.11 Å². The Kier molecular flexibility index (Phi) is 5.08. The minimum absolute atomic E-state index is 0.0228. The van der Waals surface area contributed by atoms with Gasteiger partial charge in [-0.05, 0) is 19.1 Å². The van der Waals surface area contributed by atoms with Gasteiger partial charge in [0.15, 0.2) is 0 Å². The molecule has 1 aromatic carbocycles. The highest BCUT2D eigenvalue weighted by molar-refractivity contribution is 9.10. The zero-order chi connectivity index (χ0) is 11.3. The van der Waals surface area contributed by atoms with Crippen LogP contribution >= 0.6 is 15.9 Å². The molecule has 0 spiro atoms. The maximum Gasteiger partial charge on any atom is 0.125 e. The van der Waals surface area contributed by atoms with Crippen LogP contribution < -0.4 is 10.5 Å². The summed E-state index contributed by atoms with van der Waals surface area (Å²) in [4.78, 5) is 0. The molecule has 1 atom stereocenters.